The Hall–Kier alpha value is -1.06. The highest BCUT2D eigenvalue weighted by Crippen LogP contribution is 2.06. The maximum Gasteiger partial charge on any atom is 0.347 e. The minimum absolute atomic E-state index is 0.128. The lowest BCUT2D eigenvalue weighted by atomic mass is 10.2. The quantitative estimate of drug-likeness (QED) is 0.465. The van der Waals surface area contributed by atoms with Gasteiger partial charge in [-0.05, 0) is 19.8 Å². The van der Waals surface area contributed by atoms with Crippen LogP contribution in [0.4, 0.5) is 0 Å². The minimum Gasteiger partial charge on any atom is -0.460 e. The molecule has 0 N–H and O–H groups in total. The van der Waals surface area contributed by atoms with Crippen LogP contribution in [0.25, 0.3) is 0 Å². The molecule has 82 valence electrons. The Morgan fingerprint density at radius 2 is 2.07 bits per heavy atom. The molecule has 0 spiro atoms. The first-order chi connectivity index (χ1) is 6.65. The lowest BCUT2D eigenvalue weighted by Gasteiger charge is -2.16. The normalized spacial score (nSPS) is 14.2. The van der Waals surface area contributed by atoms with Crippen LogP contribution in [0, 0.1) is 0 Å². The van der Waals surface area contributed by atoms with E-state index in [1.54, 1.807) is 0 Å². The summed E-state index contributed by atoms with van der Waals surface area (Å²) in [6.07, 6.45) is 1.16. The van der Waals surface area contributed by atoms with Crippen molar-refractivity contribution in [3.8, 4) is 0 Å². The van der Waals surface area contributed by atoms with Crippen molar-refractivity contribution in [2.24, 2.45) is 0 Å². The van der Waals surface area contributed by atoms with Crippen LogP contribution in [-0.4, -0.2) is 24.6 Å². The van der Waals surface area contributed by atoms with E-state index in [4.69, 9.17) is 4.74 Å². The van der Waals surface area contributed by atoms with Crippen LogP contribution in [0.5, 0.6) is 0 Å². The van der Waals surface area contributed by atoms with Gasteiger partial charge in [-0.15, -0.1) is 0 Å². The summed E-state index contributed by atoms with van der Waals surface area (Å²) in [6.45, 7) is 5.94. The maximum atomic E-state index is 11.4. The molecule has 0 bridgehead atoms. The summed E-state index contributed by atoms with van der Waals surface area (Å²) in [7, 11) is 0. The fourth-order valence-corrected chi connectivity index (χ4v) is 0.928. The summed E-state index contributed by atoms with van der Waals surface area (Å²) < 4.78 is 9.68. The lowest BCUT2D eigenvalue weighted by Crippen LogP contribution is -2.29. The molecule has 0 amide bonds. The number of carbonyl (C=O) groups is 2. The van der Waals surface area contributed by atoms with E-state index in [0.29, 0.717) is 6.42 Å². The fraction of sp³-hybridized carbons (Fsp3) is 0.800. The first-order valence-corrected chi connectivity index (χ1v) is 4.95. The zero-order chi connectivity index (χ0) is 11.0. The summed E-state index contributed by atoms with van der Waals surface area (Å²) in [5, 5.41) is 0. The van der Waals surface area contributed by atoms with E-state index in [2.05, 4.69) is 4.74 Å². The summed E-state index contributed by atoms with van der Waals surface area (Å²) >= 11 is 0. The zero-order valence-electron chi connectivity index (χ0n) is 8.99. The largest absolute Gasteiger partial charge is 0.460 e. The molecule has 4 heteroatoms. The Morgan fingerprint density at radius 1 is 1.43 bits per heavy atom. The third-order valence-electron chi connectivity index (χ3n) is 1.93. The van der Waals surface area contributed by atoms with Crippen molar-refractivity contribution in [3.05, 3.63) is 0 Å². The summed E-state index contributed by atoms with van der Waals surface area (Å²) in [4.78, 5) is 21.5. The maximum absolute atomic E-state index is 11.4. The molecule has 0 rings (SSSR count). The van der Waals surface area contributed by atoms with Crippen molar-refractivity contribution in [2.45, 2.75) is 52.2 Å². The predicted octanol–water partition coefficient (Wildman–Crippen LogP) is 1.67. The molecule has 0 fully saturated rings. The average molecular weight is 202 g/mol. The standard InChI is InChI=1S/C10H18O4/c1-4-6-9(13-7-11)10(12)14-8(3)5-2/h7-9H,4-6H2,1-3H3. The van der Waals surface area contributed by atoms with Gasteiger partial charge >= 0.3 is 5.97 Å². The van der Waals surface area contributed by atoms with Crippen molar-refractivity contribution < 1.29 is 19.1 Å². The van der Waals surface area contributed by atoms with Crippen LogP contribution in [0.1, 0.15) is 40.0 Å². The number of rotatable bonds is 7. The molecule has 2 unspecified atom stereocenters. The molecular weight excluding hydrogens is 184 g/mol. The molecule has 0 aromatic carbocycles. The summed E-state index contributed by atoms with van der Waals surface area (Å²) in [6, 6.07) is 0. The first kappa shape index (κ1) is 12.9. The van der Waals surface area contributed by atoms with Crippen LogP contribution >= 0.6 is 0 Å². The summed E-state index contributed by atoms with van der Waals surface area (Å²) in [5.41, 5.74) is 0. The van der Waals surface area contributed by atoms with E-state index in [1.165, 1.54) is 0 Å². The van der Waals surface area contributed by atoms with Crippen molar-refractivity contribution in [1.29, 1.82) is 0 Å². The molecule has 0 aromatic heterocycles. The number of esters is 1. The second-order valence-electron chi connectivity index (χ2n) is 3.17. The Morgan fingerprint density at radius 3 is 2.50 bits per heavy atom. The Bertz CT molecular complexity index is 179. The molecule has 0 saturated heterocycles. The van der Waals surface area contributed by atoms with Gasteiger partial charge in [0.25, 0.3) is 6.47 Å². The molecule has 4 nitrogen and oxygen atoms in total. The second-order valence-corrected chi connectivity index (χ2v) is 3.17. The smallest absolute Gasteiger partial charge is 0.347 e. The molecule has 0 aliphatic heterocycles. The highest BCUT2D eigenvalue weighted by Gasteiger charge is 2.21. The van der Waals surface area contributed by atoms with E-state index in [1.807, 2.05) is 20.8 Å². The molecule has 0 heterocycles. The van der Waals surface area contributed by atoms with Gasteiger partial charge in [0.05, 0.1) is 6.10 Å². The van der Waals surface area contributed by atoms with E-state index in [9.17, 15) is 9.59 Å². The van der Waals surface area contributed by atoms with Gasteiger partial charge in [0.1, 0.15) is 0 Å². The van der Waals surface area contributed by atoms with Gasteiger partial charge < -0.3 is 9.47 Å². The van der Waals surface area contributed by atoms with E-state index in [-0.39, 0.29) is 12.6 Å². The number of carbonyl (C=O) groups excluding carboxylic acids is 2. The van der Waals surface area contributed by atoms with Crippen LogP contribution in [0.2, 0.25) is 0 Å². The molecule has 0 aliphatic rings. The Labute approximate surface area is 84.6 Å². The SMILES string of the molecule is CCCC(OC=O)C(=O)OC(C)CC. The van der Waals surface area contributed by atoms with E-state index < -0.39 is 12.1 Å². The van der Waals surface area contributed by atoms with Crippen LogP contribution in [0.3, 0.4) is 0 Å². The van der Waals surface area contributed by atoms with Gasteiger partial charge in [-0.25, -0.2) is 4.79 Å². The zero-order valence-corrected chi connectivity index (χ0v) is 8.99. The Balaban J connectivity index is 4.06. The first-order valence-electron chi connectivity index (χ1n) is 4.95. The second kappa shape index (κ2) is 7.35. The third-order valence-corrected chi connectivity index (χ3v) is 1.93. The molecule has 14 heavy (non-hydrogen) atoms. The highest BCUT2D eigenvalue weighted by molar-refractivity contribution is 5.76. The average Bonchev–Trinajstić information content (AvgIpc) is 2.17. The lowest BCUT2D eigenvalue weighted by molar-refractivity contribution is -0.165. The molecular formula is C10H18O4. The predicted molar refractivity (Wildman–Crippen MR) is 51.7 cm³/mol. The van der Waals surface area contributed by atoms with Crippen molar-refractivity contribution >= 4 is 12.4 Å². The van der Waals surface area contributed by atoms with Crippen molar-refractivity contribution in [3.63, 3.8) is 0 Å². The highest BCUT2D eigenvalue weighted by atomic mass is 16.6. The van der Waals surface area contributed by atoms with Gasteiger partial charge in [-0.3, -0.25) is 4.79 Å². The molecule has 0 saturated carbocycles. The number of hydrogen-bond donors (Lipinski definition) is 0. The summed E-state index contributed by atoms with van der Waals surface area (Å²) in [5.74, 6) is -0.451. The monoisotopic (exact) mass is 202 g/mol. The van der Waals surface area contributed by atoms with Crippen LogP contribution < -0.4 is 0 Å². The molecule has 0 aromatic rings. The molecule has 0 radical (unpaired) electrons. The molecule has 0 aliphatic carbocycles. The minimum atomic E-state index is -0.744. The van der Waals surface area contributed by atoms with Crippen LogP contribution in [0.15, 0.2) is 0 Å². The number of ether oxygens (including phenoxy) is 2. The topological polar surface area (TPSA) is 52.6 Å². The number of hydrogen-bond acceptors (Lipinski definition) is 4. The van der Waals surface area contributed by atoms with Gasteiger partial charge in [-0.1, -0.05) is 20.3 Å². The van der Waals surface area contributed by atoms with Crippen LogP contribution in [-0.2, 0) is 19.1 Å². The van der Waals surface area contributed by atoms with E-state index >= 15 is 0 Å². The fourth-order valence-electron chi connectivity index (χ4n) is 0.928. The van der Waals surface area contributed by atoms with Crippen molar-refractivity contribution in [1.82, 2.24) is 0 Å². The van der Waals surface area contributed by atoms with Crippen molar-refractivity contribution in [2.75, 3.05) is 0 Å². The third kappa shape index (κ3) is 4.84. The van der Waals surface area contributed by atoms with Gasteiger partial charge in [0.15, 0.2) is 6.10 Å². The molecule has 2 atom stereocenters. The van der Waals surface area contributed by atoms with Gasteiger partial charge in [-0.2, -0.15) is 0 Å². The Kier molecular flexibility index (Phi) is 6.80. The van der Waals surface area contributed by atoms with E-state index in [0.717, 1.165) is 12.8 Å². The van der Waals surface area contributed by atoms with Gasteiger partial charge in [0.2, 0.25) is 0 Å². The van der Waals surface area contributed by atoms with Gasteiger partial charge in [0, 0.05) is 0 Å².